The van der Waals surface area contributed by atoms with Crippen molar-refractivity contribution in [2.45, 2.75) is 11.8 Å². The van der Waals surface area contributed by atoms with E-state index in [0.29, 0.717) is 5.69 Å². The van der Waals surface area contributed by atoms with E-state index in [1.165, 1.54) is 44.6 Å². The fourth-order valence-electron chi connectivity index (χ4n) is 1.69. The molecular formula is C14H16N4O3S. The van der Waals surface area contributed by atoms with Crippen LogP contribution in [0.3, 0.4) is 0 Å². The summed E-state index contributed by atoms with van der Waals surface area (Å²) >= 11 is 0. The zero-order valence-electron chi connectivity index (χ0n) is 12.4. The minimum absolute atomic E-state index is 0.0512. The summed E-state index contributed by atoms with van der Waals surface area (Å²) in [5.74, 6) is -0.299. The van der Waals surface area contributed by atoms with Crippen LogP contribution in [0.25, 0.3) is 0 Å². The lowest BCUT2D eigenvalue weighted by Gasteiger charge is -2.12. The zero-order valence-corrected chi connectivity index (χ0v) is 13.3. The van der Waals surface area contributed by atoms with Gasteiger partial charge in [0.05, 0.1) is 4.90 Å². The molecule has 8 heteroatoms. The largest absolute Gasteiger partial charge is 0.290 e. The molecule has 116 valence electrons. The van der Waals surface area contributed by atoms with Gasteiger partial charge in [-0.15, -0.1) is 0 Å². The number of nitrogens with zero attached hydrogens (tertiary/aromatic N) is 3. The Morgan fingerprint density at radius 2 is 1.95 bits per heavy atom. The summed E-state index contributed by atoms with van der Waals surface area (Å²) in [6.07, 6.45) is 1.53. The second-order valence-electron chi connectivity index (χ2n) is 4.79. The number of anilines is 1. The van der Waals surface area contributed by atoms with E-state index in [1.807, 2.05) is 0 Å². The van der Waals surface area contributed by atoms with Crippen molar-refractivity contribution < 1.29 is 13.2 Å². The van der Waals surface area contributed by atoms with Crippen LogP contribution < -0.4 is 5.32 Å². The highest BCUT2D eigenvalue weighted by Crippen LogP contribution is 2.15. The molecule has 0 saturated carbocycles. The van der Waals surface area contributed by atoms with Crippen LogP contribution in [0.2, 0.25) is 0 Å². The Balaban J connectivity index is 2.28. The highest BCUT2D eigenvalue weighted by atomic mass is 32.2. The van der Waals surface area contributed by atoms with Crippen LogP contribution in [0.1, 0.15) is 16.1 Å². The van der Waals surface area contributed by atoms with Crippen molar-refractivity contribution in [2.75, 3.05) is 19.4 Å². The van der Waals surface area contributed by atoms with Crippen molar-refractivity contribution >= 4 is 21.9 Å². The second-order valence-corrected chi connectivity index (χ2v) is 6.94. The van der Waals surface area contributed by atoms with Crippen molar-refractivity contribution in [3.05, 3.63) is 47.8 Å². The van der Waals surface area contributed by atoms with Gasteiger partial charge in [-0.1, -0.05) is 6.07 Å². The predicted molar refractivity (Wildman–Crippen MR) is 82.0 cm³/mol. The molecule has 0 fully saturated rings. The van der Waals surface area contributed by atoms with Crippen LogP contribution in [-0.4, -0.2) is 42.7 Å². The molecule has 2 rings (SSSR count). The highest BCUT2D eigenvalue weighted by molar-refractivity contribution is 7.89. The fourth-order valence-corrected chi connectivity index (χ4v) is 2.64. The van der Waals surface area contributed by atoms with Gasteiger partial charge in [0.25, 0.3) is 5.91 Å². The quantitative estimate of drug-likeness (QED) is 0.916. The highest BCUT2D eigenvalue weighted by Gasteiger charge is 2.19. The first kappa shape index (κ1) is 16.1. The molecule has 0 saturated heterocycles. The molecule has 22 heavy (non-hydrogen) atoms. The molecule has 0 spiro atoms. The van der Waals surface area contributed by atoms with E-state index in [-0.39, 0.29) is 16.4 Å². The van der Waals surface area contributed by atoms with Gasteiger partial charge in [-0.2, -0.15) is 0 Å². The fraction of sp³-hybridized carbons (Fsp3) is 0.214. The second kappa shape index (κ2) is 6.20. The van der Waals surface area contributed by atoms with Crippen LogP contribution >= 0.6 is 0 Å². The normalized spacial score (nSPS) is 11.5. The van der Waals surface area contributed by atoms with Crippen molar-refractivity contribution in [1.82, 2.24) is 14.3 Å². The number of aryl methyl sites for hydroxylation is 1. The molecule has 2 aromatic rings. The lowest BCUT2D eigenvalue weighted by Crippen LogP contribution is -2.23. The van der Waals surface area contributed by atoms with Crippen LogP contribution in [-0.2, 0) is 10.0 Å². The average molecular weight is 320 g/mol. The molecule has 0 radical (unpaired) electrons. The SMILES string of the molecule is Cc1ccnc(NC(=O)c2cccc(S(=O)(=O)N(C)C)c2)n1. The lowest BCUT2D eigenvalue weighted by atomic mass is 10.2. The van der Waals surface area contributed by atoms with E-state index < -0.39 is 15.9 Å². The van der Waals surface area contributed by atoms with Gasteiger partial charge in [-0.05, 0) is 31.2 Å². The van der Waals surface area contributed by atoms with Crippen molar-refractivity contribution in [1.29, 1.82) is 0 Å². The van der Waals surface area contributed by atoms with E-state index in [2.05, 4.69) is 15.3 Å². The van der Waals surface area contributed by atoms with Crippen LogP contribution in [0.15, 0.2) is 41.4 Å². The molecule has 1 heterocycles. The first-order valence-electron chi connectivity index (χ1n) is 6.44. The summed E-state index contributed by atoms with van der Waals surface area (Å²) in [6, 6.07) is 7.51. The number of carbonyl (C=O) groups excluding carboxylic acids is 1. The molecule has 1 N–H and O–H groups in total. The minimum Gasteiger partial charge on any atom is -0.290 e. The Labute approximate surface area is 129 Å². The van der Waals surface area contributed by atoms with Crippen molar-refractivity contribution in [3.63, 3.8) is 0 Å². The number of rotatable bonds is 4. The Hall–Kier alpha value is -2.32. The maximum Gasteiger partial charge on any atom is 0.258 e. The summed E-state index contributed by atoms with van der Waals surface area (Å²) < 4.78 is 25.2. The summed E-state index contributed by atoms with van der Waals surface area (Å²) in [6.45, 7) is 1.78. The topological polar surface area (TPSA) is 92.3 Å². The molecule has 1 amide bonds. The monoisotopic (exact) mass is 320 g/mol. The number of carbonyl (C=O) groups is 1. The average Bonchev–Trinajstić information content (AvgIpc) is 2.47. The number of hydrogen-bond donors (Lipinski definition) is 1. The van der Waals surface area contributed by atoms with E-state index in [4.69, 9.17) is 0 Å². The van der Waals surface area contributed by atoms with E-state index in [1.54, 1.807) is 13.0 Å². The van der Waals surface area contributed by atoms with Gasteiger partial charge in [0.2, 0.25) is 16.0 Å². The molecule has 7 nitrogen and oxygen atoms in total. The molecule has 1 aromatic carbocycles. The Bertz CT molecular complexity index is 803. The molecule has 0 unspecified atom stereocenters. The standard InChI is InChI=1S/C14H16N4O3S/c1-10-7-8-15-14(16-10)17-13(19)11-5-4-6-12(9-11)22(20,21)18(2)3/h4-9H,1-3H3,(H,15,16,17,19). The summed E-state index contributed by atoms with van der Waals surface area (Å²) in [4.78, 5) is 20.2. The Kier molecular flexibility index (Phi) is 4.53. The predicted octanol–water partition coefficient (Wildman–Crippen LogP) is 1.29. The maximum atomic E-state index is 12.2. The van der Waals surface area contributed by atoms with E-state index >= 15 is 0 Å². The van der Waals surface area contributed by atoms with Gasteiger partial charge >= 0.3 is 0 Å². The number of sulfonamides is 1. The number of hydrogen-bond acceptors (Lipinski definition) is 5. The van der Waals surface area contributed by atoms with Gasteiger partial charge in [0, 0.05) is 31.5 Å². The molecule has 0 bridgehead atoms. The lowest BCUT2D eigenvalue weighted by molar-refractivity contribution is 0.102. The smallest absolute Gasteiger partial charge is 0.258 e. The molecule has 0 atom stereocenters. The minimum atomic E-state index is -3.59. The third kappa shape index (κ3) is 3.46. The van der Waals surface area contributed by atoms with Crippen molar-refractivity contribution in [2.24, 2.45) is 0 Å². The summed E-state index contributed by atoms with van der Waals surface area (Å²) in [5.41, 5.74) is 0.933. The van der Waals surface area contributed by atoms with Crippen molar-refractivity contribution in [3.8, 4) is 0 Å². The first-order chi connectivity index (χ1) is 10.3. The zero-order chi connectivity index (χ0) is 16.3. The van der Waals surface area contributed by atoms with E-state index in [0.717, 1.165) is 4.31 Å². The molecule has 1 aromatic heterocycles. The van der Waals surface area contributed by atoms with Gasteiger partial charge in [0.15, 0.2) is 0 Å². The van der Waals surface area contributed by atoms with Crippen LogP contribution in [0, 0.1) is 6.92 Å². The number of amides is 1. The van der Waals surface area contributed by atoms with E-state index in [9.17, 15) is 13.2 Å². The van der Waals surface area contributed by atoms with Crippen LogP contribution in [0.5, 0.6) is 0 Å². The Morgan fingerprint density at radius 3 is 2.59 bits per heavy atom. The summed E-state index contributed by atoms with van der Waals surface area (Å²) in [5, 5.41) is 2.54. The number of aromatic nitrogens is 2. The maximum absolute atomic E-state index is 12.2. The molecule has 0 aliphatic heterocycles. The Morgan fingerprint density at radius 1 is 1.23 bits per heavy atom. The van der Waals surface area contributed by atoms with Gasteiger partial charge < -0.3 is 0 Å². The van der Waals surface area contributed by atoms with Gasteiger partial charge in [-0.3, -0.25) is 10.1 Å². The molecular weight excluding hydrogens is 304 g/mol. The third-order valence-electron chi connectivity index (χ3n) is 2.89. The van der Waals surface area contributed by atoms with Crippen LogP contribution in [0.4, 0.5) is 5.95 Å². The number of nitrogens with one attached hydrogen (secondary N) is 1. The van der Waals surface area contributed by atoms with Gasteiger partial charge in [-0.25, -0.2) is 22.7 Å². The molecule has 0 aliphatic rings. The number of benzene rings is 1. The third-order valence-corrected chi connectivity index (χ3v) is 4.71. The van der Waals surface area contributed by atoms with Gasteiger partial charge in [0.1, 0.15) is 0 Å². The molecule has 0 aliphatic carbocycles. The first-order valence-corrected chi connectivity index (χ1v) is 7.88. The summed E-state index contributed by atoms with van der Waals surface area (Å²) in [7, 11) is -0.724.